The van der Waals surface area contributed by atoms with Crippen LogP contribution in [0.2, 0.25) is 5.02 Å². The number of rotatable bonds is 15. The van der Waals surface area contributed by atoms with Crippen molar-refractivity contribution in [3.8, 4) is 34.4 Å². The lowest BCUT2D eigenvalue weighted by Crippen LogP contribution is -2.44. The van der Waals surface area contributed by atoms with Gasteiger partial charge < -0.3 is 29.3 Å². The van der Waals surface area contributed by atoms with Crippen LogP contribution in [-0.2, 0) is 24.6 Å². The van der Waals surface area contributed by atoms with Crippen molar-refractivity contribution in [1.82, 2.24) is 14.8 Å². The second-order valence-corrected chi connectivity index (χ2v) is 16.0. The number of fused-ring (bicyclic) bond motifs is 1. The zero-order chi connectivity index (χ0) is 39.2. The Balaban J connectivity index is 1.04. The fourth-order valence-electron chi connectivity index (χ4n) is 8.78. The molecule has 3 aromatic carbocycles. The zero-order valence-electron chi connectivity index (χ0n) is 32.3. The minimum Gasteiger partial charge on any atom is -0.493 e. The number of ether oxygens (including phenoxy) is 3. The molecule has 2 unspecified atom stereocenters. The molecule has 2 aliphatic heterocycles. The summed E-state index contributed by atoms with van der Waals surface area (Å²) in [4.78, 5) is 20.7. The number of nitrogens with zero attached hydrogens (tertiary/aromatic N) is 4. The standard InChI is InChI=1S/C45H51ClN4O6/c1-29-33(8-5-9-38(29)39-10-6-12-42(30(39)2)54-15-7-13-49-24-34-17-37(51)18-35(34)25-49)28-56-44-20-43(55-27-32-16-31(21-47)22-48-23-32)36(19-40(44)46)26-50-14-4-3-11-41(50)45(52)53/h5-6,8-10,12,16,19-20,22-23,34-35,37,41,51H,3-4,7,11,13-15,17-18,24-28H2,1-2H3,(H,52,53)/t34?,35?,37?,41-/m0/s1. The van der Waals surface area contributed by atoms with Gasteiger partial charge in [-0.15, -0.1) is 0 Å². The van der Waals surface area contributed by atoms with Crippen LogP contribution in [0.15, 0.2) is 67.0 Å². The van der Waals surface area contributed by atoms with Gasteiger partial charge >= 0.3 is 5.97 Å². The first kappa shape index (κ1) is 39.6. The number of nitriles is 1. The molecule has 3 fully saturated rings. The Morgan fingerprint density at radius 3 is 2.43 bits per heavy atom. The second kappa shape index (κ2) is 18.1. The van der Waals surface area contributed by atoms with E-state index in [2.05, 4.69) is 48.0 Å². The van der Waals surface area contributed by atoms with Crippen LogP contribution in [-0.4, -0.2) is 75.9 Å². The number of hydrogen-bond donors (Lipinski definition) is 2. The van der Waals surface area contributed by atoms with E-state index in [4.69, 9.17) is 25.8 Å². The van der Waals surface area contributed by atoms with Crippen molar-refractivity contribution >= 4 is 17.6 Å². The van der Waals surface area contributed by atoms with Gasteiger partial charge in [0, 0.05) is 55.8 Å². The quantitative estimate of drug-likeness (QED) is 0.115. The van der Waals surface area contributed by atoms with E-state index in [9.17, 15) is 20.3 Å². The monoisotopic (exact) mass is 778 g/mol. The lowest BCUT2D eigenvalue weighted by molar-refractivity contribution is -0.144. The molecule has 4 aromatic rings. The van der Waals surface area contributed by atoms with Crippen molar-refractivity contribution in [2.24, 2.45) is 11.8 Å². The number of carboxylic acids is 1. The number of aromatic nitrogens is 1. The summed E-state index contributed by atoms with van der Waals surface area (Å²) in [7, 11) is 0. The number of aliphatic hydroxyl groups excluding tert-OH is 1. The molecule has 0 amide bonds. The van der Waals surface area contributed by atoms with Crippen molar-refractivity contribution in [2.45, 2.75) is 84.3 Å². The van der Waals surface area contributed by atoms with E-state index in [1.165, 1.54) is 6.20 Å². The van der Waals surface area contributed by atoms with Gasteiger partial charge in [0.2, 0.25) is 0 Å². The number of pyridine rings is 1. The summed E-state index contributed by atoms with van der Waals surface area (Å²) in [6.07, 6.45) is 8.30. The normalized spacial score (nSPS) is 21.1. The number of aliphatic carboxylic acids is 1. The fourth-order valence-corrected chi connectivity index (χ4v) is 9.02. The van der Waals surface area contributed by atoms with Crippen LogP contribution in [0.4, 0.5) is 0 Å². The topological polar surface area (TPSA) is 128 Å². The third-order valence-electron chi connectivity index (χ3n) is 11.8. The van der Waals surface area contributed by atoms with E-state index in [0.29, 0.717) is 60.0 Å². The summed E-state index contributed by atoms with van der Waals surface area (Å²) >= 11 is 6.88. The molecule has 11 heteroatoms. The lowest BCUT2D eigenvalue weighted by atomic mass is 9.93. The maximum atomic E-state index is 12.1. The molecule has 1 saturated carbocycles. The Morgan fingerprint density at radius 1 is 0.911 bits per heavy atom. The van der Waals surface area contributed by atoms with E-state index in [1.54, 1.807) is 18.3 Å². The minimum atomic E-state index is -0.831. The predicted octanol–water partition coefficient (Wildman–Crippen LogP) is 7.96. The molecule has 56 heavy (non-hydrogen) atoms. The highest BCUT2D eigenvalue weighted by Crippen LogP contribution is 2.39. The van der Waals surface area contributed by atoms with Crippen LogP contribution < -0.4 is 14.2 Å². The van der Waals surface area contributed by atoms with Crippen molar-refractivity contribution in [1.29, 1.82) is 5.26 Å². The first-order valence-corrected chi connectivity index (χ1v) is 20.1. The maximum Gasteiger partial charge on any atom is 0.320 e. The average Bonchev–Trinajstić information content (AvgIpc) is 3.74. The second-order valence-electron chi connectivity index (χ2n) is 15.6. The number of carbonyl (C=O) groups is 1. The molecule has 0 bridgehead atoms. The number of piperidine rings is 1. The van der Waals surface area contributed by atoms with Crippen molar-refractivity contribution in [2.75, 3.05) is 32.8 Å². The third-order valence-corrected chi connectivity index (χ3v) is 12.1. The van der Waals surface area contributed by atoms with Crippen LogP contribution in [0.5, 0.6) is 17.2 Å². The molecule has 3 atom stereocenters. The van der Waals surface area contributed by atoms with Gasteiger partial charge in [0.15, 0.2) is 0 Å². The molecule has 2 N–H and O–H groups in total. The smallest absolute Gasteiger partial charge is 0.320 e. The molecular formula is C45H51ClN4O6. The van der Waals surface area contributed by atoms with E-state index in [-0.39, 0.29) is 19.3 Å². The van der Waals surface area contributed by atoms with Gasteiger partial charge in [-0.1, -0.05) is 48.4 Å². The molecule has 0 radical (unpaired) electrons. The van der Waals surface area contributed by atoms with E-state index < -0.39 is 12.0 Å². The first-order valence-electron chi connectivity index (χ1n) is 19.8. The maximum absolute atomic E-state index is 12.1. The summed E-state index contributed by atoms with van der Waals surface area (Å²) in [5.41, 5.74) is 7.34. The molecule has 0 spiro atoms. The SMILES string of the molecule is Cc1c(COc2cc(OCc3cncc(C#N)c3)c(CN3CCCC[C@H]3C(=O)O)cc2Cl)cccc1-c1cccc(OCCCN2CC3CC(O)CC3C2)c1C. The van der Waals surface area contributed by atoms with E-state index in [1.807, 2.05) is 29.2 Å². The van der Waals surface area contributed by atoms with Crippen LogP contribution in [0.25, 0.3) is 11.1 Å². The van der Waals surface area contributed by atoms with Crippen LogP contribution >= 0.6 is 11.6 Å². The zero-order valence-corrected chi connectivity index (χ0v) is 33.0. The van der Waals surface area contributed by atoms with E-state index in [0.717, 1.165) is 96.4 Å². The van der Waals surface area contributed by atoms with Gasteiger partial charge in [-0.3, -0.25) is 14.7 Å². The molecule has 2 saturated heterocycles. The minimum absolute atomic E-state index is 0.107. The Kier molecular flexibility index (Phi) is 12.8. The van der Waals surface area contributed by atoms with Gasteiger partial charge in [-0.05, 0) is 110 Å². The summed E-state index contributed by atoms with van der Waals surface area (Å²) in [6.45, 7) is 9.51. The van der Waals surface area contributed by atoms with Crippen LogP contribution in [0.1, 0.15) is 71.9 Å². The molecular weight excluding hydrogens is 728 g/mol. The average molecular weight is 779 g/mol. The lowest BCUT2D eigenvalue weighted by Gasteiger charge is -2.33. The molecule has 7 rings (SSSR count). The summed E-state index contributed by atoms with van der Waals surface area (Å²) < 4.78 is 19.1. The summed E-state index contributed by atoms with van der Waals surface area (Å²) in [5.74, 6) is 2.33. The van der Waals surface area contributed by atoms with Gasteiger partial charge in [-0.25, -0.2) is 0 Å². The molecule has 3 heterocycles. The number of likely N-dealkylation sites (tertiary alicyclic amines) is 2. The fraction of sp³-hybridized carbons (Fsp3) is 0.444. The Labute approximate surface area is 334 Å². The molecule has 3 aliphatic rings. The number of hydrogen-bond acceptors (Lipinski definition) is 9. The first-order chi connectivity index (χ1) is 27.2. The predicted molar refractivity (Wildman–Crippen MR) is 215 cm³/mol. The molecule has 1 aromatic heterocycles. The number of benzene rings is 3. The molecule has 294 valence electrons. The molecule has 10 nitrogen and oxygen atoms in total. The number of carboxylic acid groups (broad SMARTS) is 1. The highest BCUT2D eigenvalue weighted by atomic mass is 35.5. The highest BCUT2D eigenvalue weighted by Gasteiger charge is 2.39. The summed E-state index contributed by atoms with van der Waals surface area (Å²) in [5, 5.41) is 29.7. The highest BCUT2D eigenvalue weighted by molar-refractivity contribution is 6.32. The van der Waals surface area contributed by atoms with Gasteiger partial charge in [0.05, 0.1) is 23.3 Å². The van der Waals surface area contributed by atoms with Crippen LogP contribution in [0.3, 0.4) is 0 Å². The molecule has 1 aliphatic carbocycles. The Hall–Kier alpha value is -4.66. The largest absolute Gasteiger partial charge is 0.493 e. The van der Waals surface area contributed by atoms with Crippen molar-refractivity contribution < 1.29 is 29.2 Å². The Morgan fingerprint density at radius 2 is 1.66 bits per heavy atom. The number of halogens is 1. The van der Waals surface area contributed by atoms with Crippen LogP contribution in [0, 0.1) is 37.0 Å². The summed E-state index contributed by atoms with van der Waals surface area (Å²) in [6, 6.07) is 19.3. The van der Waals surface area contributed by atoms with Gasteiger partial charge in [0.25, 0.3) is 0 Å². The number of aliphatic hydroxyl groups is 1. The Bertz CT molecular complexity index is 2050. The van der Waals surface area contributed by atoms with Gasteiger partial charge in [0.1, 0.15) is 42.6 Å². The van der Waals surface area contributed by atoms with Crippen molar-refractivity contribution in [3.63, 3.8) is 0 Å². The van der Waals surface area contributed by atoms with Crippen molar-refractivity contribution in [3.05, 3.63) is 105 Å². The van der Waals surface area contributed by atoms with Gasteiger partial charge in [-0.2, -0.15) is 5.26 Å². The van der Waals surface area contributed by atoms with E-state index >= 15 is 0 Å². The third kappa shape index (κ3) is 9.30.